The SMILES string of the molecule is CN1CCC(N(C)[C@H]2CCCC[C@@H]2N(C)C(=O)CC2CCC2)CC1. The van der Waals surface area contributed by atoms with Crippen molar-refractivity contribution in [1.82, 2.24) is 14.7 Å². The predicted octanol–water partition coefficient (Wildman–Crippen LogP) is 2.97. The van der Waals surface area contributed by atoms with E-state index in [9.17, 15) is 4.79 Å². The van der Waals surface area contributed by atoms with Crippen LogP contribution in [0.15, 0.2) is 0 Å². The Hall–Kier alpha value is -0.610. The van der Waals surface area contributed by atoms with Crippen LogP contribution in [-0.4, -0.2) is 73.0 Å². The highest BCUT2D eigenvalue weighted by atomic mass is 16.2. The number of likely N-dealkylation sites (N-methyl/N-ethyl adjacent to an activating group) is 2. The highest BCUT2D eigenvalue weighted by molar-refractivity contribution is 5.76. The second-order valence-electron chi connectivity index (χ2n) is 8.62. The van der Waals surface area contributed by atoms with Crippen molar-refractivity contribution in [2.45, 2.75) is 82.3 Å². The fourth-order valence-corrected chi connectivity index (χ4v) is 4.96. The molecule has 1 amide bonds. The zero-order valence-corrected chi connectivity index (χ0v) is 16.0. The summed E-state index contributed by atoms with van der Waals surface area (Å²) in [6.45, 7) is 2.42. The molecule has 2 aliphatic carbocycles. The van der Waals surface area contributed by atoms with Gasteiger partial charge in [-0.05, 0) is 71.6 Å². The van der Waals surface area contributed by atoms with E-state index in [1.165, 1.54) is 70.9 Å². The lowest BCUT2D eigenvalue weighted by Gasteiger charge is -2.47. The Bertz CT molecular complexity index is 415. The molecule has 0 bridgehead atoms. The zero-order valence-electron chi connectivity index (χ0n) is 16.0. The molecule has 0 aromatic heterocycles. The largest absolute Gasteiger partial charge is 0.341 e. The average molecular weight is 336 g/mol. The van der Waals surface area contributed by atoms with Crippen LogP contribution in [0.2, 0.25) is 0 Å². The molecule has 1 heterocycles. The van der Waals surface area contributed by atoms with Crippen LogP contribution in [0.25, 0.3) is 0 Å². The molecule has 1 saturated heterocycles. The first kappa shape index (κ1) is 18.2. The lowest BCUT2D eigenvalue weighted by molar-refractivity contribution is -0.136. The molecule has 3 aliphatic rings. The molecular formula is C20H37N3O. The minimum Gasteiger partial charge on any atom is -0.341 e. The maximum absolute atomic E-state index is 12.7. The average Bonchev–Trinajstić information content (AvgIpc) is 2.57. The van der Waals surface area contributed by atoms with Crippen molar-refractivity contribution in [2.24, 2.45) is 5.92 Å². The molecule has 0 radical (unpaired) electrons. The first-order valence-corrected chi connectivity index (χ1v) is 10.2. The van der Waals surface area contributed by atoms with Crippen LogP contribution in [0.5, 0.6) is 0 Å². The standard InChI is InChI=1S/C20H37N3O/c1-21-13-11-17(12-14-21)22(2)18-9-4-5-10-19(18)23(3)20(24)15-16-7-6-8-16/h16-19H,4-15H2,1-3H3/t18-,19-/m0/s1. The third-order valence-corrected chi connectivity index (χ3v) is 7.06. The van der Waals surface area contributed by atoms with Gasteiger partial charge in [0.2, 0.25) is 5.91 Å². The predicted molar refractivity (Wildman–Crippen MR) is 99.1 cm³/mol. The molecule has 1 aliphatic heterocycles. The summed E-state index contributed by atoms with van der Waals surface area (Å²) < 4.78 is 0. The number of piperidine rings is 1. The summed E-state index contributed by atoms with van der Waals surface area (Å²) in [6.07, 6.45) is 12.2. The van der Waals surface area contributed by atoms with Gasteiger partial charge in [-0.1, -0.05) is 19.3 Å². The third kappa shape index (κ3) is 4.13. The molecule has 2 saturated carbocycles. The topological polar surface area (TPSA) is 26.8 Å². The Labute approximate surface area is 148 Å². The van der Waals surface area contributed by atoms with Crippen molar-refractivity contribution in [3.8, 4) is 0 Å². The van der Waals surface area contributed by atoms with Crippen molar-refractivity contribution in [1.29, 1.82) is 0 Å². The van der Waals surface area contributed by atoms with E-state index in [4.69, 9.17) is 0 Å². The van der Waals surface area contributed by atoms with Gasteiger partial charge in [-0.3, -0.25) is 9.69 Å². The molecule has 138 valence electrons. The minimum atomic E-state index is 0.397. The number of rotatable bonds is 5. The van der Waals surface area contributed by atoms with Crippen molar-refractivity contribution >= 4 is 5.91 Å². The number of amides is 1. The molecule has 4 nitrogen and oxygen atoms in total. The van der Waals surface area contributed by atoms with E-state index >= 15 is 0 Å². The quantitative estimate of drug-likeness (QED) is 0.773. The smallest absolute Gasteiger partial charge is 0.222 e. The van der Waals surface area contributed by atoms with Crippen LogP contribution in [-0.2, 0) is 4.79 Å². The van der Waals surface area contributed by atoms with Crippen LogP contribution in [0, 0.1) is 5.92 Å². The van der Waals surface area contributed by atoms with E-state index < -0.39 is 0 Å². The van der Waals surface area contributed by atoms with Crippen molar-refractivity contribution < 1.29 is 4.79 Å². The van der Waals surface area contributed by atoms with Gasteiger partial charge in [-0.15, -0.1) is 0 Å². The van der Waals surface area contributed by atoms with E-state index in [-0.39, 0.29) is 0 Å². The van der Waals surface area contributed by atoms with Gasteiger partial charge in [-0.25, -0.2) is 0 Å². The minimum absolute atomic E-state index is 0.397. The maximum atomic E-state index is 12.7. The van der Waals surface area contributed by atoms with Crippen LogP contribution in [0.3, 0.4) is 0 Å². The molecule has 3 rings (SSSR count). The zero-order chi connectivity index (χ0) is 17.1. The second kappa shape index (κ2) is 8.18. The summed E-state index contributed by atoms with van der Waals surface area (Å²) in [6, 6.07) is 1.68. The Morgan fingerprint density at radius 1 is 0.917 bits per heavy atom. The molecule has 0 aromatic carbocycles. The molecule has 0 N–H and O–H groups in total. The number of carbonyl (C=O) groups excluding carboxylic acids is 1. The summed E-state index contributed by atoms with van der Waals surface area (Å²) in [4.78, 5) is 20.0. The molecule has 2 atom stereocenters. The van der Waals surface area contributed by atoms with Gasteiger partial charge in [0.25, 0.3) is 0 Å². The van der Waals surface area contributed by atoms with Gasteiger partial charge in [-0.2, -0.15) is 0 Å². The van der Waals surface area contributed by atoms with Gasteiger partial charge >= 0.3 is 0 Å². The summed E-state index contributed by atoms with van der Waals surface area (Å²) in [5, 5.41) is 0. The van der Waals surface area contributed by atoms with Crippen LogP contribution in [0.4, 0.5) is 0 Å². The highest BCUT2D eigenvalue weighted by Gasteiger charge is 2.37. The molecule has 0 unspecified atom stereocenters. The van der Waals surface area contributed by atoms with Gasteiger partial charge in [0.05, 0.1) is 0 Å². The number of carbonyl (C=O) groups is 1. The lowest BCUT2D eigenvalue weighted by atomic mass is 9.82. The molecular weight excluding hydrogens is 298 g/mol. The van der Waals surface area contributed by atoms with E-state index in [0.29, 0.717) is 30.0 Å². The molecule has 3 fully saturated rings. The van der Waals surface area contributed by atoms with Gasteiger partial charge in [0, 0.05) is 31.6 Å². The van der Waals surface area contributed by atoms with Crippen LogP contribution >= 0.6 is 0 Å². The second-order valence-corrected chi connectivity index (χ2v) is 8.62. The number of hydrogen-bond acceptors (Lipinski definition) is 3. The number of likely N-dealkylation sites (tertiary alicyclic amines) is 1. The number of nitrogens with zero attached hydrogens (tertiary/aromatic N) is 3. The van der Waals surface area contributed by atoms with Crippen LogP contribution < -0.4 is 0 Å². The van der Waals surface area contributed by atoms with Gasteiger partial charge < -0.3 is 9.80 Å². The van der Waals surface area contributed by atoms with Crippen molar-refractivity contribution in [3.63, 3.8) is 0 Å². The first-order valence-electron chi connectivity index (χ1n) is 10.2. The van der Waals surface area contributed by atoms with E-state index in [1.807, 2.05) is 0 Å². The van der Waals surface area contributed by atoms with E-state index in [0.717, 1.165) is 6.42 Å². The Kier molecular flexibility index (Phi) is 6.20. The summed E-state index contributed by atoms with van der Waals surface area (Å²) in [5.41, 5.74) is 0. The van der Waals surface area contributed by atoms with Gasteiger partial charge in [0.15, 0.2) is 0 Å². The third-order valence-electron chi connectivity index (χ3n) is 7.06. The Morgan fingerprint density at radius 3 is 2.12 bits per heavy atom. The van der Waals surface area contributed by atoms with E-state index in [1.54, 1.807) is 0 Å². The fourth-order valence-electron chi connectivity index (χ4n) is 4.96. The molecule has 4 heteroatoms. The fraction of sp³-hybridized carbons (Fsp3) is 0.950. The maximum Gasteiger partial charge on any atom is 0.222 e. The summed E-state index contributed by atoms with van der Waals surface area (Å²) in [7, 11) is 6.63. The van der Waals surface area contributed by atoms with Crippen molar-refractivity contribution in [2.75, 3.05) is 34.2 Å². The molecule has 0 spiro atoms. The van der Waals surface area contributed by atoms with Gasteiger partial charge in [0.1, 0.15) is 0 Å². The molecule has 24 heavy (non-hydrogen) atoms. The normalized spacial score (nSPS) is 30.3. The number of hydrogen-bond donors (Lipinski definition) is 0. The van der Waals surface area contributed by atoms with Crippen LogP contribution in [0.1, 0.15) is 64.2 Å². The van der Waals surface area contributed by atoms with E-state index in [2.05, 4.69) is 35.8 Å². The first-order chi connectivity index (χ1) is 11.6. The molecule has 0 aromatic rings. The summed E-state index contributed by atoms with van der Waals surface area (Å²) in [5.74, 6) is 1.07. The van der Waals surface area contributed by atoms with Crippen molar-refractivity contribution in [3.05, 3.63) is 0 Å². The lowest BCUT2D eigenvalue weighted by Crippen LogP contribution is -2.56. The highest BCUT2D eigenvalue weighted by Crippen LogP contribution is 2.33. The monoisotopic (exact) mass is 335 g/mol. The Balaban J connectivity index is 1.60. The Morgan fingerprint density at radius 2 is 1.54 bits per heavy atom. The summed E-state index contributed by atoms with van der Waals surface area (Å²) >= 11 is 0.